The number of hydrogen-bond donors (Lipinski definition) is 1. The van der Waals surface area contributed by atoms with Crippen LogP contribution in [0.3, 0.4) is 0 Å². The number of imidazole rings is 1. The van der Waals surface area contributed by atoms with E-state index in [1.807, 2.05) is 12.1 Å². The first-order valence-corrected chi connectivity index (χ1v) is 6.98. The first-order chi connectivity index (χ1) is 9.06. The molecule has 0 bridgehead atoms. The van der Waals surface area contributed by atoms with Gasteiger partial charge in [-0.3, -0.25) is 0 Å². The zero-order valence-electron chi connectivity index (χ0n) is 12.3. The van der Waals surface area contributed by atoms with Gasteiger partial charge in [-0.05, 0) is 18.9 Å². The van der Waals surface area contributed by atoms with Gasteiger partial charge in [0.15, 0.2) is 0 Å². The molecule has 0 saturated carbocycles. The Bertz CT molecular complexity index is 567. The molecule has 0 unspecified atom stereocenters. The summed E-state index contributed by atoms with van der Waals surface area (Å²) < 4.78 is 2.16. The number of nitrogen functional groups attached to an aromatic ring is 1. The summed E-state index contributed by atoms with van der Waals surface area (Å²) in [4.78, 5) is 4.80. The SMILES string of the molecule is CCCn1c(C(C)C)nc(-c2ccccc2C)c1N. The second-order valence-corrected chi connectivity index (χ2v) is 5.33. The van der Waals surface area contributed by atoms with E-state index in [4.69, 9.17) is 10.7 Å². The van der Waals surface area contributed by atoms with Crippen molar-refractivity contribution in [2.75, 3.05) is 5.73 Å². The summed E-state index contributed by atoms with van der Waals surface area (Å²) in [7, 11) is 0. The van der Waals surface area contributed by atoms with Crippen LogP contribution >= 0.6 is 0 Å². The minimum atomic E-state index is 0.381. The van der Waals surface area contributed by atoms with Crippen molar-refractivity contribution < 1.29 is 0 Å². The van der Waals surface area contributed by atoms with Crippen LogP contribution in [-0.4, -0.2) is 9.55 Å². The molecule has 2 aromatic rings. The van der Waals surface area contributed by atoms with Crippen LogP contribution in [0.15, 0.2) is 24.3 Å². The Balaban J connectivity index is 2.59. The standard InChI is InChI=1S/C16H23N3/c1-5-10-19-15(17)14(18-16(19)11(2)3)13-9-7-6-8-12(13)4/h6-9,11H,5,10,17H2,1-4H3. The molecular formula is C16H23N3. The normalized spacial score (nSPS) is 11.2. The van der Waals surface area contributed by atoms with Crippen LogP contribution in [0.5, 0.6) is 0 Å². The van der Waals surface area contributed by atoms with Gasteiger partial charge in [-0.2, -0.15) is 0 Å². The highest BCUT2D eigenvalue weighted by Crippen LogP contribution is 2.31. The molecule has 0 aliphatic carbocycles. The highest BCUT2D eigenvalue weighted by molar-refractivity contribution is 5.73. The molecule has 2 N–H and O–H groups in total. The Hall–Kier alpha value is -1.77. The molecule has 19 heavy (non-hydrogen) atoms. The van der Waals surface area contributed by atoms with Crippen LogP contribution in [0.2, 0.25) is 0 Å². The molecule has 3 nitrogen and oxygen atoms in total. The average molecular weight is 257 g/mol. The lowest BCUT2D eigenvalue weighted by molar-refractivity contribution is 0.616. The summed E-state index contributed by atoms with van der Waals surface area (Å²) in [5.74, 6) is 2.25. The third kappa shape index (κ3) is 2.50. The van der Waals surface area contributed by atoms with Crippen molar-refractivity contribution in [3.63, 3.8) is 0 Å². The molecule has 1 aromatic carbocycles. The molecule has 1 aromatic heterocycles. The summed E-state index contributed by atoms with van der Waals surface area (Å²) >= 11 is 0. The highest BCUT2D eigenvalue weighted by Gasteiger charge is 2.18. The number of benzene rings is 1. The first-order valence-electron chi connectivity index (χ1n) is 6.98. The number of hydrogen-bond acceptors (Lipinski definition) is 2. The maximum atomic E-state index is 6.33. The molecule has 0 saturated heterocycles. The maximum Gasteiger partial charge on any atom is 0.131 e. The third-order valence-corrected chi connectivity index (χ3v) is 3.40. The Kier molecular flexibility index (Phi) is 3.93. The van der Waals surface area contributed by atoms with E-state index in [9.17, 15) is 0 Å². The number of aryl methyl sites for hydroxylation is 1. The molecule has 0 radical (unpaired) electrons. The summed E-state index contributed by atoms with van der Waals surface area (Å²) in [5, 5.41) is 0. The van der Waals surface area contributed by atoms with Crippen molar-refractivity contribution in [3.05, 3.63) is 35.7 Å². The van der Waals surface area contributed by atoms with E-state index < -0.39 is 0 Å². The van der Waals surface area contributed by atoms with Crippen molar-refractivity contribution >= 4 is 5.82 Å². The lowest BCUT2D eigenvalue weighted by Crippen LogP contribution is -2.08. The van der Waals surface area contributed by atoms with Crippen molar-refractivity contribution in [3.8, 4) is 11.3 Å². The van der Waals surface area contributed by atoms with Gasteiger partial charge < -0.3 is 10.3 Å². The summed E-state index contributed by atoms with van der Waals surface area (Å²) in [6, 6.07) is 8.27. The topological polar surface area (TPSA) is 43.8 Å². The van der Waals surface area contributed by atoms with Crippen LogP contribution in [0.25, 0.3) is 11.3 Å². The van der Waals surface area contributed by atoms with E-state index in [0.29, 0.717) is 5.92 Å². The van der Waals surface area contributed by atoms with Crippen LogP contribution in [0.1, 0.15) is 44.5 Å². The molecule has 0 atom stereocenters. The van der Waals surface area contributed by atoms with E-state index in [-0.39, 0.29) is 0 Å². The smallest absolute Gasteiger partial charge is 0.131 e. The van der Waals surface area contributed by atoms with E-state index >= 15 is 0 Å². The van der Waals surface area contributed by atoms with Gasteiger partial charge >= 0.3 is 0 Å². The second kappa shape index (κ2) is 5.47. The molecule has 0 aliphatic rings. The Labute approximate surface area is 115 Å². The fourth-order valence-corrected chi connectivity index (χ4v) is 2.42. The number of nitrogens with two attached hydrogens (primary N) is 1. The van der Waals surface area contributed by atoms with Crippen LogP contribution in [0.4, 0.5) is 5.82 Å². The van der Waals surface area contributed by atoms with Gasteiger partial charge in [0.2, 0.25) is 0 Å². The third-order valence-electron chi connectivity index (χ3n) is 3.40. The van der Waals surface area contributed by atoms with Crippen molar-refractivity contribution in [2.45, 2.75) is 46.6 Å². The second-order valence-electron chi connectivity index (χ2n) is 5.33. The summed E-state index contributed by atoms with van der Waals surface area (Å²) in [6.45, 7) is 9.52. The highest BCUT2D eigenvalue weighted by atomic mass is 15.1. The van der Waals surface area contributed by atoms with E-state index in [1.165, 1.54) is 5.56 Å². The largest absolute Gasteiger partial charge is 0.383 e. The minimum Gasteiger partial charge on any atom is -0.383 e. The zero-order valence-corrected chi connectivity index (χ0v) is 12.3. The average Bonchev–Trinajstić information content (AvgIpc) is 2.69. The van der Waals surface area contributed by atoms with Crippen molar-refractivity contribution in [2.24, 2.45) is 0 Å². The Morgan fingerprint density at radius 1 is 1.26 bits per heavy atom. The fourth-order valence-electron chi connectivity index (χ4n) is 2.42. The molecule has 0 fully saturated rings. The number of rotatable bonds is 4. The monoisotopic (exact) mass is 257 g/mol. The molecule has 102 valence electrons. The van der Waals surface area contributed by atoms with Gasteiger partial charge in [0.1, 0.15) is 17.3 Å². The quantitative estimate of drug-likeness (QED) is 0.900. The Morgan fingerprint density at radius 3 is 2.53 bits per heavy atom. The molecule has 0 aliphatic heterocycles. The minimum absolute atomic E-state index is 0.381. The summed E-state index contributed by atoms with van der Waals surface area (Å²) in [6.07, 6.45) is 1.06. The number of aromatic nitrogens is 2. The van der Waals surface area contributed by atoms with E-state index in [2.05, 4.69) is 44.4 Å². The lowest BCUT2D eigenvalue weighted by atomic mass is 10.1. The van der Waals surface area contributed by atoms with Crippen LogP contribution < -0.4 is 5.73 Å². The predicted molar refractivity (Wildman–Crippen MR) is 81.2 cm³/mol. The van der Waals surface area contributed by atoms with Gasteiger partial charge in [0, 0.05) is 18.0 Å². The molecular weight excluding hydrogens is 234 g/mol. The summed E-state index contributed by atoms with van der Waals surface area (Å²) in [5.41, 5.74) is 9.60. The molecule has 2 rings (SSSR count). The van der Waals surface area contributed by atoms with Gasteiger partial charge in [-0.15, -0.1) is 0 Å². The number of nitrogens with zero attached hydrogens (tertiary/aromatic N) is 2. The van der Waals surface area contributed by atoms with Crippen LogP contribution in [-0.2, 0) is 6.54 Å². The van der Waals surface area contributed by atoms with Gasteiger partial charge in [0.05, 0.1) is 0 Å². The van der Waals surface area contributed by atoms with Crippen LogP contribution in [0, 0.1) is 6.92 Å². The van der Waals surface area contributed by atoms with Gasteiger partial charge in [-0.25, -0.2) is 4.98 Å². The van der Waals surface area contributed by atoms with E-state index in [1.54, 1.807) is 0 Å². The zero-order chi connectivity index (χ0) is 14.0. The number of anilines is 1. The van der Waals surface area contributed by atoms with Gasteiger partial charge in [-0.1, -0.05) is 45.0 Å². The molecule has 0 amide bonds. The first kappa shape index (κ1) is 13.7. The van der Waals surface area contributed by atoms with E-state index in [0.717, 1.165) is 35.9 Å². The molecule has 0 spiro atoms. The van der Waals surface area contributed by atoms with Crippen molar-refractivity contribution in [1.82, 2.24) is 9.55 Å². The van der Waals surface area contributed by atoms with Gasteiger partial charge in [0.25, 0.3) is 0 Å². The van der Waals surface area contributed by atoms with Crippen molar-refractivity contribution in [1.29, 1.82) is 0 Å². The fraction of sp³-hybridized carbons (Fsp3) is 0.438. The maximum absolute atomic E-state index is 6.33. The molecule has 3 heteroatoms. The lowest BCUT2D eigenvalue weighted by Gasteiger charge is -2.10. The predicted octanol–water partition coefficient (Wildman–Crippen LogP) is 3.97. The Morgan fingerprint density at radius 2 is 1.95 bits per heavy atom. The molecule has 1 heterocycles.